The van der Waals surface area contributed by atoms with Crippen molar-refractivity contribution in [2.45, 2.75) is 149 Å². The Morgan fingerprint density at radius 2 is 1.55 bits per heavy atom. The molecule has 9 amide bonds. The Morgan fingerprint density at radius 1 is 0.814 bits per heavy atom. The van der Waals surface area contributed by atoms with Crippen LogP contribution in [0.15, 0.2) is 103 Å². The molecule has 4 fully saturated rings. The normalized spacial score (nSPS) is 20.5. The van der Waals surface area contributed by atoms with E-state index in [1.165, 1.54) is 28.4 Å². The molecule has 102 heavy (non-hydrogen) atoms. The maximum absolute atomic E-state index is 13.9. The molecule has 1 aliphatic heterocycles. The van der Waals surface area contributed by atoms with E-state index in [9.17, 15) is 61.5 Å². The summed E-state index contributed by atoms with van der Waals surface area (Å²) in [6.07, 6.45) is 8.22. The van der Waals surface area contributed by atoms with Crippen molar-refractivity contribution in [2.75, 3.05) is 49.2 Å². The first-order valence-electron chi connectivity index (χ1n) is 34.2. The molecule has 4 atom stereocenters. The Balaban J connectivity index is 0.703. The second-order valence-electron chi connectivity index (χ2n) is 28.7. The summed E-state index contributed by atoms with van der Waals surface area (Å²) in [6.45, 7) is 10.2. The highest BCUT2D eigenvalue weighted by atomic mass is 32.2. The number of benzene rings is 3. The number of anilines is 2. The van der Waals surface area contributed by atoms with Crippen LogP contribution in [0.25, 0.3) is 43.6 Å². The van der Waals surface area contributed by atoms with Crippen molar-refractivity contribution in [3.8, 4) is 22.5 Å². The number of primary amides is 1. The number of pyridine rings is 1. The van der Waals surface area contributed by atoms with Gasteiger partial charge in [0.15, 0.2) is 11.4 Å². The highest BCUT2D eigenvalue weighted by molar-refractivity contribution is 7.85. The van der Waals surface area contributed by atoms with Crippen LogP contribution in [0.2, 0.25) is 0 Å². The number of aromatic nitrogens is 5. The molecule has 0 spiro atoms. The van der Waals surface area contributed by atoms with E-state index in [1.54, 1.807) is 68.6 Å². The van der Waals surface area contributed by atoms with Crippen LogP contribution in [0.1, 0.15) is 138 Å². The molecule has 12 rings (SSSR count). The molecule has 30 heteroatoms. The van der Waals surface area contributed by atoms with Gasteiger partial charge in [-0.05, 0) is 141 Å². The average Bonchev–Trinajstić information content (AvgIpc) is 0.716. The summed E-state index contributed by atoms with van der Waals surface area (Å²) in [5.74, 6) is -3.85. The predicted octanol–water partition coefficient (Wildman–Crippen LogP) is 8.41. The first kappa shape index (κ1) is 73.8. The number of carbonyl (C=O) groups excluding carboxylic acids is 8. The number of imide groups is 1. The molecule has 4 aliphatic carbocycles. The number of rotatable bonds is 32. The minimum Gasteiger partial charge on any atom is -0.445 e. The lowest BCUT2D eigenvalue weighted by Crippen LogP contribution is -2.64. The maximum atomic E-state index is 13.9. The van der Waals surface area contributed by atoms with Gasteiger partial charge in [-0.1, -0.05) is 87.9 Å². The Hall–Kier alpha value is -9.46. The van der Waals surface area contributed by atoms with Crippen LogP contribution >= 0.6 is 11.3 Å². The van der Waals surface area contributed by atoms with Crippen molar-refractivity contribution in [3.63, 3.8) is 0 Å². The fraction of sp³-hybridized carbons (Fsp3) is 0.458. The molecular weight excluding hydrogens is 1350 g/mol. The summed E-state index contributed by atoms with van der Waals surface area (Å²) >= 11 is 1.38. The monoisotopic (exact) mass is 1440 g/mol. The van der Waals surface area contributed by atoms with E-state index < -0.39 is 76.2 Å². The molecule has 5 heterocycles. The Bertz CT molecular complexity index is 4420. The van der Waals surface area contributed by atoms with Gasteiger partial charge >= 0.3 is 12.1 Å². The van der Waals surface area contributed by atoms with Crippen LogP contribution in [-0.2, 0) is 56.7 Å². The first-order chi connectivity index (χ1) is 48.5. The number of nitrogens with zero attached hydrogens (tertiary/aromatic N) is 6. The molecule has 3 aromatic carbocycles. The van der Waals surface area contributed by atoms with Crippen LogP contribution in [0.5, 0.6) is 0 Å². The number of aromatic amines is 1. The molecule has 542 valence electrons. The second-order valence-corrected chi connectivity index (χ2v) is 31.3. The number of nitrogens with two attached hydrogens (primary N) is 1. The number of urea groups is 1. The third-order valence-corrected chi connectivity index (χ3v) is 21.3. The quantitative estimate of drug-likeness (QED) is 0.00818. The van der Waals surface area contributed by atoms with Crippen molar-refractivity contribution < 1.29 is 71.0 Å². The molecule has 0 saturated heterocycles. The van der Waals surface area contributed by atoms with Crippen LogP contribution in [0.3, 0.4) is 0 Å². The van der Waals surface area contributed by atoms with Gasteiger partial charge in [-0.25, -0.2) is 19.6 Å². The third-order valence-electron chi connectivity index (χ3n) is 19.7. The zero-order valence-electron chi connectivity index (χ0n) is 57.6. The van der Waals surface area contributed by atoms with Gasteiger partial charge in [0.1, 0.15) is 24.4 Å². The van der Waals surface area contributed by atoms with E-state index in [4.69, 9.17) is 25.3 Å². The predicted molar refractivity (Wildman–Crippen MR) is 380 cm³/mol. The zero-order valence-corrected chi connectivity index (χ0v) is 59.2. The number of hydrogen-bond acceptors (Lipinski definition) is 18. The summed E-state index contributed by atoms with van der Waals surface area (Å²) in [6, 6.07) is 21.9. The van der Waals surface area contributed by atoms with Crippen molar-refractivity contribution >= 4 is 101 Å². The number of aliphatic hydroxyl groups excluding tert-OH is 1. The lowest BCUT2D eigenvalue weighted by Gasteiger charge is -2.69. The number of H-pyrrole nitrogens is 1. The van der Waals surface area contributed by atoms with E-state index in [2.05, 4.69) is 50.4 Å². The molecule has 2 unspecified atom stereocenters. The smallest absolute Gasteiger partial charge is 0.410 e. The van der Waals surface area contributed by atoms with Crippen molar-refractivity contribution in [3.05, 3.63) is 126 Å². The number of unbranched alkanes of at least 4 members (excludes halogenated alkanes) is 2. The van der Waals surface area contributed by atoms with Gasteiger partial charge in [-0.3, -0.25) is 48.2 Å². The van der Waals surface area contributed by atoms with Gasteiger partial charge in [-0.2, -0.15) is 13.5 Å². The second kappa shape index (κ2) is 30.6. The van der Waals surface area contributed by atoms with Gasteiger partial charge in [0, 0.05) is 79.2 Å². The number of fused-ring (bicyclic) bond motifs is 2. The number of carbonyl (C=O) groups is 8. The van der Waals surface area contributed by atoms with Gasteiger partial charge in [0.25, 0.3) is 27.8 Å². The number of amides is 9. The lowest BCUT2D eigenvalue weighted by molar-refractivity contribution is -0.248. The van der Waals surface area contributed by atoms with E-state index in [0.29, 0.717) is 82.2 Å². The molecule has 7 aromatic rings. The fourth-order valence-electron chi connectivity index (χ4n) is 16.2. The van der Waals surface area contributed by atoms with Crippen molar-refractivity contribution in [2.24, 2.45) is 27.9 Å². The third kappa shape index (κ3) is 17.7. The summed E-state index contributed by atoms with van der Waals surface area (Å²) < 4.78 is 49.7. The van der Waals surface area contributed by atoms with Crippen LogP contribution in [0.4, 0.5) is 20.4 Å². The summed E-state index contributed by atoms with van der Waals surface area (Å²) in [7, 11) is -4.51. The zero-order chi connectivity index (χ0) is 72.9. The lowest BCUT2D eigenvalue weighted by atomic mass is 9.39. The largest absolute Gasteiger partial charge is 0.445 e. The average molecular weight is 1440 g/mol. The van der Waals surface area contributed by atoms with Gasteiger partial charge in [0.05, 0.1) is 56.8 Å². The minimum absolute atomic E-state index is 0.0240. The molecule has 4 aromatic heterocycles. The number of aliphatic hydroxyl groups is 2. The number of thiazole rings is 1. The Kier molecular flexibility index (Phi) is 22.1. The highest BCUT2D eigenvalue weighted by Crippen LogP contribution is 2.72. The number of para-hydroxylation sites is 2. The molecule has 5 aliphatic rings. The van der Waals surface area contributed by atoms with Gasteiger partial charge < -0.3 is 56.6 Å². The molecule has 4 saturated carbocycles. The van der Waals surface area contributed by atoms with E-state index in [0.717, 1.165) is 58.3 Å². The summed E-state index contributed by atoms with van der Waals surface area (Å²) in [4.78, 5) is 118. The summed E-state index contributed by atoms with van der Waals surface area (Å²) in [5, 5.41) is 41.6. The van der Waals surface area contributed by atoms with Crippen molar-refractivity contribution in [1.29, 1.82) is 0 Å². The van der Waals surface area contributed by atoms with Gasteiger partial charge in [0.2, 0.25) is 17.7 Å². The maximum Gasteiger partial charge on any atom is 0.410 e. The fourth-order valence-corrected chi connectivity index (χ4v) is 17.5. The minimum atomic E-state index is -4.51. The van der Waals surface area contributed by atoms with Crippen LogP contribution in [-0.4, -0.2) is 162 Å². The van der Waals surface area contributed by atoms with Crippen LogP contribution < -0.4 is 32.3 Å². The highest BCUT2D eigenvalue weighted by Gasteiger charge is 2.66. The summed E-state index contributed by atoms with van der Waals surface area (Å²) in [5.41, 5.74) is 9.68. The number of ether oxygens (including phenoxy) is 2. The van der Waals surface area contributed by atoms with E-state index >= 15 is 0 Å². The molecule has 4 bridgehead atoms. The van der Waals surface area contributed by atoms with E-state index in [-0.39, 0.29) is 97.7 Å². The number of nitrogens with one attached hydrogen (secondary N) is 6. The Morgan fingerprint density at radius 3 is 2.25 bits per heavy atom. The molecule has 28 nitrogen and oxygen atoms in total. The van der Waals surface area contributed by atoms with Gasteiger partial charge in [-0.15, -0.1) is 0 Å². The standard InChI is InChI=1S/C72H87N13O15S2/c1-43(2)59(81-56(86)18-7-6-10-28-84-57(87)25-26-58(84)88)64(91)79-53(16-12-27-74-66(73)94)63(90)76-47-21-19-45(20-22-47)35-99-68(95)83(30-32-102(96,97)98)29-31-100-72-39-69(4)36-70(5,40-72)38-71(37-69,41-72)42-85-44(3)50(34-75-85)48-23-24-51(77-61(48)65(92)93)54-33-46-13-11-14-49(60(46)78-54)62(89)82-67-80-52-15-8-9-17-55(52)101-67/h8-9,11,13-15,17,19-26,33-34,43,53,59,65,78,92-93H,6-7,10,12,16,18,27-32,35-42H2,1-5H3,(H,76,90)(H,79,91)(H,81,86)(H3,73,74,94)(H,80,82,89)(H,96,97,98)/t53-,59-,69?,70?,71?,72?/m0/s1. The Labute approximate surface area is 593 Å². The van der Waals surface area contributed by atoms with Crippen LogP contribution in [0, 0.1) is 29.1 Å². The molecule has 11 N–H and O–H groups in total. The topological polar surface area (TPSA) is 402 Å². The molecule has 0 radical (unpaired) electrons. The first-order valence-corrected chi connectivity index (χ1v) is 36.7. The number of hydrogen-bond donors (Lipinski definition) is 10. The SMILES string of the molecule is Cc1c(-c2ccc(-c3cc4cccc(C(=O)Nc5nc6ccccc6s5)c4[nH]3)nc2C(O)O)cnn1CC12CC3(C)CC(C)(C1)CC(OCCN(CCS(=O)(=O)O)C(=O)OCc1ccc(NC(=O)[C@H](CCCNC(N)=O)NC(=O)[C@@H](NC(=O)CCCCCN4C(=O)C=CC4=O)C(C)C)cc1)(C3)C2. The van der Waals surface area contributed by atoms with Crippen molar-refractivity contribution in [1.82, 2.24) is 50.5 Å². The van der Waals surface area contributed by atoms with E-state index in [1.807, 2.05) is 48.0 Å². The molecular formula is C72H87N13O15S2.